The van der Waals surface area contributed by atoms with Crippen LogP contribution < -0.4 is 5.32 Å². The summed E-state index contributed by atoms with van der Waals surface area (Å²) in [5, 5.41) is 3.32. The minimum absolute atomic E-state index is 0.0356. The van der Waals surface area contributed by atoms with E-state index in [4.69, 9.17) is 0 Å². The number of nitrogens with one attached hydrogen (secondary N) is 1. The number of hydrogen-bond acceptors (Lipinski definition) is 4. The average molecular weight is 416 g/mol. The van der Waals surface area contributed by atoms with Crippen molar-refractivity contribution < 1.29 is 17.6 Å². The maximum atomic E-state index is 14.3. The maximum Gasteiger partial charge on any atom is 0.268 e. The molecule has 1 aromatic carbocycles. The van der Waals surface area contributed by atoms with Gasteiger partial charge in [0.1, 0.15) is 16.4 Å². The van der Waals surface area contributed by atoms with Crippen LogP contribution in [0.5, 0.6) is 0 Å². The number of aromatic nitrogens is 2. The van der Waals surface area contributed by atoms with Gasteiger partial charge >= 0.3 is 0 Å². The van der Waals surface area contributed by atoms with Gasteiger partial charge in [0.25, 0.3) is 5.91 Å². The summed E-state index contributed by atoms with van der Waals surface area (Å²) in [6.07, 6.45) is 2.46. The molecule has 3 heterocycles. The number of carbonyl (C=O) groups is 1. The first kappa shape index (κ1) is 19.5. The largest absolute Gasteiger partial charge is 0.347 e. The maximum absolute atomic E-state index is 14.3. The van der Waals surface area contributed by atoms with Gasteiger partial charge in [-0.15, -0.1) is 0 Å². The fourth-order valence-electron chi connectivity index (χ4n) is 3.44. The molecule has 1 amide bonds. The lowest BCUT2D eigenvalue weighted by Gasteiger charge is -2.29. The van der Waals surface area contributed by atoms with Crippen LogP contribution in [0.3, 0.4) is 0 Å². The van der Waals surface area contributed by atoms with E-state index in [-0.39, 0.29) is 17.1 Å². The number of benzene rings is 1. The Hall–Kier alpha value is -2.78. The monoisotopic (exact) mass is 416 g/mol. The van der Waals surface area contributed by atoms with E-state index in [0.29, 0.717) is 35.2 Å². The molecular formula is C20H21FN4O3S. The van der Waals surface area contributed by atoms with Gasteiger partial charge in [-0.2, -0.15) is 4.31 Å². The minimum atomic E-state index is -3.61. The van der Waals surface area contributed by atoms with Crippen LogP contribution in [-0.2, 0) is 23.6 Å². The molecule has 1 aliphatic rings. The van der Waals surface area contributed by atoms with Gasteiger partial charge < -0.3 is 9.88 Å². The third-order valence-corrected chi connectivity index (χ3v) is 7.43. The van der Waals surface area contributed by atoms with Crippen LogP contribution >= 0.6 is 0 Å². The number of amides is 1. The normalized spacial score (nSPS) is 14.7. The second-order valence-electron chi connectivity index (χ2n) is 7.07. The van der Waals surface area contributed by atoms with Gasteiger partial charge in [0.15, 0.2) is 0 Å². The van der Waals surface area contributed by atoms with Gasteiger partial charge in [-0.3, -0.25) is 9.78 Å². The highest BCUT2D eigenvalue weighted by atomic mass is 32.2. The molecule has 0 unspecified atom stereocenters. The summed E-state index contributed by atoms with van der Waals surface area (Å²) < 4.78 is 42.7. The van der Waals surface area contributed by atoms with Crippen molar-refractivity contribution in [2.75, 3.05) is 13.1 Å². The topological polar surface area (TPSA) is 84.3 Å². The Labute approximate surface area is 168 Å². The van der Waals surface area contributed by atoms with Gasteiger partial charge in [-0.05, 0) is 37.6 Å². The molecule has 1 N–H and O–H groups in total. The van der Waals surface area contributed by atoms with Crippen LogP contribution in [-0.4, -0.2) is 41.3 Å². The second-order valence-corrected chi connectivity index (χ2v) is 8.98. The molecule has 29 heavy (non-hydrogen) atoms. The zero-order chi connectivity index (χ0) is 20.8. The molecule has 0 aliphatic carbocycles. The number of nitrogens with zero attached hydrogens (tertiary/aromatic N) is 3. The summed E-state index contributed by atoms with van der Waals surface area (Å²) in [5.74, 6) is -0.907. The van der Waals surface area contributed by atoms with Gasteiger partial charge in [-0.25, -0.2) is 12.8 Å². The Morgan fingerprint density at radius 2 is 2.03 bits per heavy atom. The van der Waals surface area contributed by atoms with Crippen molar-refractivity contribution in [1.29, 1.82) is 0 Å². The second kappa shape index (κ2) is 7.23. The molecule has 0 saturated carbocycles. The first-order valence-corrected chi connectivity index (χ1v) is 10.7. The Morgan fingerprint density at radius 1 is 1.28 bits per heavy atom. The fraction of sp³-hybridized carbons (Fsp3) is 0.300. The standard InChI is InChI=1S/C20H21FN4O3S/c1-13-19(29(27,28)25-9-4-10-25)11-18(24(13)2)20(26)23-12-15-14-5-3-8-22-17(14)7-6-16(15)21/h3,5-8,11H,4,9-10,12H2,1-2H3,(H,23,26). The average Bonchev–Trinajstić information content (AvgIpc) is 2.95. The fourth-order valence-corrected chi connectivity index (χ4v) is 5.23. The van der Waals surface area contributed by atoms with Crippen molar-refractivity contribution in [3.8, 4) is 0 Å². The summed E-state index contributed by atoms with van der Waals surface area (Å²) in [7, 11) is -1.97. The lowest BCUT2D eigenvalue weighted by molar-refractivity contribution is 0.0942. The molecule has 0 spiro atoms. The number of rotatable bonds is 5. The SMILES string of the molecule is Cc1c(S(=O)(=O)N2CCC2)cc(C(=O)NCc2c(F)ccc3ncccc23)n1C. The number of pyridine rings is 1. The zero-order valence-electron chi connectivity index (χ0n) is 16.1. The summed E-state index contributed by atoms with van der Waals surface area (Å²) in [5.41, 5.74) is 1.67. The summed E-state index contributed by atoms with van der Waals surface area (Å²) in [4.78, 5) is 17.1. The number of carbonyl (C=O) groups excluding carboxylic acids is 1. The van der Waals surface area contributed by atoms with Crippen molar-refractivity contribution in [3.05, 3.63) is 59.3 Å². The highest BCUT2D eigenvalue weighted by Crippen LogP contribution is 2.26. The number of halogens is 1. The molecule has 0 radical (unpaired) electrons. The molecule has 2 aromatic heterocycles. The molecule has 7 nitrogen and oxygen atoms in total. The first-order valence-electron chi connectivity index (χ1n) is 9.27. The van der Waals surface area contributed by atoms with Gasteiger partial charge in [-0.1, -0.05) is 6.07 Å². The smallest absolute Gasteiger partial charge is 0.268 e. The molecule has 4 rings (SSSR count). The first-order chi connectivity index (χ1) is 13.8. The number of sulfonamides is 1. The summed E-state index contributed by atoms with van der Waals surface area (Å²) >= 11 is 0. The molecule has 1 fully saturated rings. The molecule has 1 aliphatic heterocycles. The van der Waals surface area contributed by atoms with Crippen LogP contribution in [0.4, 0.5) is 4.39 Å². The molecule has 152 valence electrons. The van der Waals surface area contributed by atoms with Crippen molar-refractivity contribution in [3.63, 3.8) is 0 Å². The Bertz CT molecular complexity index is 1220. The van der Waals surface area contributed by atoms with Crippen molar-refractivity contribution in [2.45, 2.75) is 24.8 Å². The molecule has 0 atom stereocenters. The van der Waals surface area contributed by atoms with E-state index in [1.165, 1.54) is 16.4 Å². The minimum Gasteiger partial charge on any atom is -0.347 e. The number of hydrogen-bond donors (Lipinski definition) is 1. The molecule has 0 bridgehead atoms. The van der Waals surface area contributed by atoms with E-state index < -0.39 is 21.7 Å². The van der Waals surface area contributed by atoms with Crippen molar-refractivity contribution in [2.24, 2.45) is 7.05 Å². The van der Waals surface area contributed by atoms with Crippen LogP contribution in [0.1, 0.15) is 28.2 Å². The van der Waals surface area contributed by atoms with Crippen molar-refractivity contribution in [1.82, 2.24) is 19.2 Å². The van der Waals surface area contributed by atoms with Gasteiger partial charge in [0, 0.05) is 49.5 Å². The van der Waals surface area contributed by atoms with E-state index in [1.807, 2.05) is 0 Å². The number of fused-ring (bicyclic) bond motifs is 1. The van der Waals surface area contributed by atoms with Gasteiger partial charge in [0.2, 0.25) is 10.0 Å². The molecule has 9 heteroatoms. The quantitative estimate of drug-likeness (QED) is 0.692. The zero-order valence-corrected chi connectivity index (χ0v) is 17.0. The predicted molar refractivity (Wildman–Crippen MR) is 106 cm³/mol. The van der Waals surface area contributed by atoms with Crippen LogP contribution in [0.2, 0.25) is 0 Å². The van der Waals surface area contributed by atoms with E-state index >= 15 is 0 Å². The van der Waals surface area contributed by atoms with Crippen LogP contribution in [0.25, 0.3) is 10.9 Å². The highest BCUT2D eigenvalue weighted by molar-refractivity contribution is 7.89. The van der Waals surface area contributed by atoms with E-state index in [1.54, 1.807) is 42.9 Å². The molecule has 1 saturated heterocycles. The predicted octanol–water partition coefficient (Wildman–Crippen LogP) is 2.35. The van der Waals surface area contributed by atoms with Gasteiger partial charge in [0.05, 0.1) is 5.52 Å². The summed E-state index contributed by atoms with van der Waals surface area (Å²) in [6.45, 7) is 2.62. The van der Waals surface area contributed by atoms with Crippen LogP contribution in [0.15, 0.2) is 41.4 Å². The third-order valence-electron chi connectivity index (χ3n) is 5.42. The van der Waals surface area contributed by atoms with Crippen molar-refractivity contribution >= 4 is 26.8 Å². The van der Waals surface area contributed by atoms with E-state index in [9.17, 15) is 17.6 Å². The highest BCUT2D eigenvalue weighted by Gasteiger charge is 2.33. The summed E-state index contributed by atoms with van der Waals surface area (Å²) in [6, 6.07) is 7.75. The molecule has 3 aromatic rings. The van der Waals surface area contributed by atoms with E-state index in [2.05, 4.69) is 10.3 Å². The Kier molecular flexibility index (Phi) is 4.87. The lowest BCUT2D eigenvalue weighted by Crippen LogP contribution is -2.42. The lowest BCUT2D eigenvalue weighted by atomic mass is 10.1. The third kappa shape index (κ3) is 3.30. The van der Waals surface area contributed by atoms with E-state index in [0.717, 1.165) is 6.42 Å². The molecular weight excluding hydrogens is 395 g/mol. The Balaban J connectivity index is 1.60. The Morgan fingerprint density at radius 3 is 2.72 bits per heavy atom. The van der Waals surface area contributed by atoms with Crippen LogP contribution in [0, 0.1) is 12.7 Å².